The van der Waals surface area contributed by atoms with E-state index < -0.39 is 0 Å². The molecule has 0 spiro atoms. The minimum Gasteiger partial charge on any atom is -0.352 e. The summed E-state index contributed by atoms with van der Waals surface area (Å²) < 4.78 is 0. The zero-order valence-corrected chi connectivity index (χ0v) is 11.7. The lowest BCUT2D eigenvalue weighted by Gasteiger charge is -2.38. The molecule has 1 aliphatic heterocycles. The van der Waals surface area contributed by atoms with Crippen molar-refractivity contribution >= 4 is 0 Å². The van der Waals surface area contributed by atoms with Crippen molar-refractivity contribution in [2.75, 3.05) is 13.2 Å². The third-order valence-corrected chi connectivity index (χ3v) is 2.90. The predicted octanol–water partition coefficient (Wildman–Crippen LogP) is 3.42. The molecule has 0 aromatic rings. The number of allylic oxidation sites excluding steroid dienone is 1. The monoisotopic (exact) mass is 237 g/mol. The second kappa shape index (κ2) is 4.49. The fourth-order valence-corrected chi connectivity index (χ4v) is 2.04. The lowest BCUT2D eigenvalue weighted by atomic mass is 9.77. The molecule has 0 aromatic heterocycles. The van der Waals surface area contributed by atoms with Crippen LogP contribution in [-0.4, -0.2) is 18.2 Å². The Hall–Kier alpha value is -1.35. The van der Waals surface area contributed by atoms with Crippen LogP contribution in [0.5, 0.6) is 0 Å². The smallest absolute Gasteiger partial charge is 0.160 e. The Balaban J connectivity index is 3.15. The fourth-order valence-electron chi connectivity index (χ4n) is 2.04. The van der Waals surface area contributed by atoms with Crippen LogP contribution >= 0.6 is 0 Å². The van der Waals surface area contributed by atoms with Gasteiger partial charge in [-0.3, -0.25) is 0 Å². The molecule has 17 heavy (non-hydrogen) atoms. The van der Waals surface area contributed by atoms with Gasteiger partial charge in [-0.05, 0) is 16.2 Å². The van der Waals surface area contributed by atoms with Gasteiger partial charge in [0.15, 0.2) is 6.67 Å². The lowest BCUT2D eigenvalue weighted by molar-refractivity contribution is 0.228. The first kappa shape index (κ1) is 13.7. The predicted molar refractivity (Wildman–Crippen MR) is 69.8 cm³/mol. The molecule has 0 radical (unpaired) electrons. The van der Waals surface area contributed by atoms with Crippen LogP contribution in [0, 0.1) is 10.8 Å². The Bertz CT molecular complexity index is 363. The molecular formula is C12H23N5. The van der Waals surface area contributed by atoms with Crippen LogP contribution in [0.25, 0.3) is 10.4 Å². The molecule has 0 saturated carbocycles. The molecule has 1 aliphatic rings. The Morgan fingerprint density at radius 2 is 1.76 bits per heavy atom. The number of hydrogen-bond donors (Lipinski definition) is 1. The second-order valence-electron chi connectivity index (χ2n) is 6.53. The summed E-state index contributed by atoms with van der Waals surface area (Å²) in [6.07, 6.45) is 0. The van der Waals surface area contributed by atoms with Gasteiger partial charge < -0.3 is 5.32 Å². The van der Waals surface area contributed by atoms with Crippen molar-refractivity contribution in [1.82, 2.24) is 10.3 Å². The van der Waals surface area contributed by atoms with Gasteiger partial charge in [-0.25, -0.2) is 5.01 Å². The van der Waals surface area contributed by atoms with Crippen molar-refractivity contribution in [3.63, 3.8) is 0 Å². The largest absolute Gasteiger partial charge is 0.352 e. The lowest BCUT2D eigenvalue weighted by Crippen LogP contribution is -2.44. The maximum Gasteiger partial charge on any atom is 0.160 e. The van der Waals surface area contributed by atoms with E-state index in [2.05, 4.69) is 57.0 Å². The van der Waals surface area contributed by atoms with Crippen molar-refractivity contribution < 1.29 is 0 Å². The van der Waals surface area contributed by atoms with Gasteiger partial charge in [-0.15, -0.1) is 5.53 Å². The number of nitrogens with zero attached hydrogens (tertiary/aromatic N) is 4. The van der Waals surface area contributed by atoms with E-state index in [1.807, 2.05) is 0 Å². The number of rotatable bonds is 1. The van der Waals surface area contributed by atoms with E-state index in [4.69, 9.17) is 5.53 Å². The van der Waals surface area contributed by atoms with Gasteiger partial charge in [0.25, 0.3) is 0 Å². The summed E-state index contributed by atoms with van der Waals surface area (Å²) >= 11 is 0. The quantitative estimate of drug-likeness (QED) is 0.431. The summed E-state index contributed by atoms with van der Waals surface area (Å²) in [6.45, 7) is 14.4. The molecule has 96 valence electrons. The van der Waals surface area contributed by atoms with E-state index in [9.17, 15) is 0 Å². The molecule has 5 heteroatoms. The summed E-state index contributed by atoms with van der Waals surface area (Å²) in [5, 5.41) is 8.79. The van der Waals surface area contributed by atoms with Gasteiger partial charge in [0.1, 0.15) is 6.54 Å². The van der Waals surface area contributed by atoms with E-state index in [1.165, 1.54) is 11.3 Å². The molecule has 0 unspecified atom stereocenters. The minimum atomic E-state index is 0.0687. The van der Waals surface area contributed by atoms with Gasteiger partial charge in [-0.1, -0.05) is 41.5 Å². The summed E-state index contributed by atoms with van der Waals surface area (Å²) in [6, 6.07) is 0. The van der Waals surface area contributed by atoms with Crippen molar-refractivity contribution in [2.24, 2.45) is 16.1 Å². The number of azide groups is 1. The van der Waals surface area contributed by atoms with E-state index in [1.54, 1.807) is 5.01 Å². The van der Waals surface area contributed by atoms with Gasteiger partial charge in [0, 0.05) is 11.1 Å². The van der Waals surface area contributed by atoms with Gasteiger partial charge in [0.05, 0.1) is 0 Å². The highest BCUT2D eigenvalue weighted by Gasteiger charge is 2.33. The molecule has 0 bridgehead atoms. The summed E-state index contributed by atoms with van der Waals surface area (Å²) in [7, 11) is 0. The van der Waals surface area contributed by atoms with Crippen LogP contribution in [0.3, 0.4) is 0 Å². The molecule has 1 heterocycles. The maximum absolute atomic E-state index is 8.51. The molecule has 0 aliphatic carbocycles. The summed E-state index contributed by atoms with van der Waals surface area (Å²) in [4.78, 5) is 2.85. The summed E-state index contributed by atoms with van der Waals surface area (Å²) in [5.74, 6) is 0. The highest BCUT2D eigenvalue weighted by atomic mass is 15.6. The normalized spacial score (nSPS) is 17.6. The van der Waals surface area contributed by atoms with Crippen LogP contribution < -0.4 is 5.32 Å². The third kappa shape index (κ3) is 3.30. The van der Waals surface area contributed by atoms with Crippen molar-refractivity contribution in [3.8, 4) is 0 Å². The molecule has 1 N–H and O–H groups in total. The van der Waals surface area contributed by atoms with Crippen LogP contribution in [0.4, 0.5) is 0 Å². The minimum absolute atomic E-state index is 0.0687. The molecule has 0 atom stereocenters. The van der Waals surface area contributed by atoms with Gasteiger partial charge in [-0.2, -0.15) is 4.91 Å². The first-order valence-electron chi connectivity index (χ1n) is 5.94. The number of nitrogens with one attached hydrogen (secondary N) is 1. The van der Waals surface area contributed by atoms with E-state index >= 15 is 0 Å². The topological polar surface area (TPSA) is 64.0 Å². The Kier molecular flexibility index (Phi) is 3.62. The van der Waals surface area contributed by atoms with Gasteiger partial charge >= 0.3 is 0 Å². The van der Waals surface area contributed by atoms with Crippen molar-refractivity contribution in [3.05, 3.63) is 21.7 Å². The molecule has 1 rings (SSSR count). The molecule has 0 amide bonds. The van der Waals surface area contributed by atoms with Crippen LogP contribution in [0.15, 0.2) is 16.5 Å². The number of hydrogen-bond acceptors (Lipinski definition) is 2. The molecule has 0 fully saturated rings. The average Bonchev–Trinajstić information content (AvgIpc) is 2.15. The van der Waals surface area contributed by atoms with E-state index in [0.717, 1.165) is 0 Å². The standard InChI is InChI=1S/C12H23N5/c1-11(2,3)9-7-17(16-15-13)8-14-10(9)12(4,5)6/h14H,7-8H2,1-6H3. The van der Waals surface area contributed by atoms with Crippen LogP contribution in [-0.2, 0) is 0 Å². The molecule has 5 nitrogen and oxygen atoms in total. The Morgan fingerprint density at radius 3 is 2.18 bits per heavy atom. The van der Waals surface area contributed by atoms with Crippen LogP contribution in [0.1, 0.15) is 41.5 Å². The second-order valence-corrected chi connectivity index (χ2v) is 6.53. The molecular weight excluding hydrogens is 214 g/mol. The SMILES string of the molecule is CC(C)(C)C1=C(C(C)(C)C)NCN(N=[N+]=[N-])C1. The average molecular weight is 237 g/mol. The summed E-state index contributed by atoms with van der Waals surface area (Å²) in [5.41, 5.74) is 11.2. The first-order chi connectivity index (χ1) is 7.66. The van der Waals surface area contributed by atoms with Crippen LogP contribution in [0.2, 0.25) is 0 Å². The van der Waals surface area contributed by atoms with Crippen molar-refractivity contribution in [2.45, 2.75) is 41.5 Å². The molecule has 0 saturated heterocycles. The highest BCUT2D eigenvalue weighted by molar-refractivity contribution is 5.26. The Labute approximate surface area is 103 Å². The van der Waals surface area contributed by atoms with E-state index in [0.29, 0.717) is 13.2 Å². The maximum atomic E-state index is 8.51. The van der Waals surface area contributed by atoms with E-state index in [-0.39, 0.29) is 10.8 Å². The molecule has 0 aromatic carbocycles. The zero-order chi connectivity index (χ0) is 13.3. The first-order valence-corrected chi connectivity index (χ1v) is 5.94. The van der Waals surface area contributed by atoms with Crippen molar-refractivity contribution in [1.29, 1.82) is 0 Å². The highest BCUT2D eigenvalue weighted by Crippen LogP contribution is 2.37. The third-order valence-electron chi connectivity index (χ3n) is 2.90. The van der Waals surface area contributed by atoms with Gasteiger partial charge in [0.2, 0.25) is 0 Å². The fraction of sp³-hybridized carbons (Fsp3) is 0.833. The Morgan fingerprint density at radius 1 is 1.18 bits per heavy atom. The zero-order valence-electron chi connectivity index (χ0n) is 11.7.